The van der Waals surface area contributed by atoms with E-state index >= 15 is 0 Å². The van der Waals surface area contributed by atoms with Crippen LogP contribution in [0.15, 0.2) is 47.5 Å². The molecule has 2 aromatic rings. The van der Waals surface area contributed by atoms with Crippen LogP contribution < -0.4 is 10.6 Å². The largest absolute Gasteiger partial charge is 0.463 e. The van der Waals surface area contributed by atoms with Gasteiger partial charge >= 0.3 is 0 Å². The van der Waals surface area contributed by atoms with Gasteiger partial charge in [0.2, 0.25) is 0 Å². The number of rotatable bonds is 7. The van der Waals surface area contributed by atoms with E-state index in [0.29, 0.717) is 23.7 Å². The Morgan fingerprint density at radius 2 is 2.22 bits per heavy atom. The van der Waals surface area contributed by atoms with Gasteiger partial charge in [-0.1, -0.05) is 6.08 Å². The number of nitrogens with zero attached hydrogens (tertiary/aromatic N) is 1. The number of furan rings is 1. The highest BCUT2D eigenvalue weighted by molar-refractivity contribution is 5.94. The number of aliphatic hydroxyl groups is 1. The number of aryl methyl sites for hydroxylation is 1. The van der Waals surface area contributed by atoms with Crippen molar-refractivity contribution >= 4 is 11.7 Å². The summed E-state index contributed by atoms with van der Waals surface area (Å²) in [6, 6.07) is 6.90. The summed E-state index contributed by atoms with van der Waals surface area (Å²) in [6.07, 6.45) is 3.09. The molecule has 0 spiro atoms. The van der Waals surface area contributed by atoms with Gasteiger partial charge in [-0.3, -0.25) is 4.79 Å². The number of aromatic nitrogens is 1. The summed E-state index contributed by atoms with van der Waals surface area (Å²) in [7, 11) is 0. The summed E-state index contributed by atoms with van der Waals surface area (Å²) in [5, 5.41) is 16.2. The van der Waals surface area contributed by atoms with Crippen LogP contribution in [0.25, 0.3) is 0 Å². The van der Waals surface area contributed by atoms with Crippen molar-refractivity contribution < 1.29 is 14.3 Å². The monoisotopic (exact) mass is 315 g/mol. The maximum Gasteiger partial charge on any atom is 0.253 e. The number of anilines is 1. The minimum Gasteiger partial charge on any atom is -0.463 e. The molecule has 1 atom stereocenters. The third-order valence-electron chi connectivity index (χ3n) is 3.32. The minimum absolute atomic E-state index is 0.206. The highest BCUT2D eigenvalue weighted by Crippen LogP contribution is 2.23. The molecule has 0 aliphatic carbocycles. The van der Waals surface area contributed by atoms with Crippen LogP contribution in [0.3, 0.4) is 0 Å². The van der Waals surface area contributed by atoms with Gasteiger partial charge in [-0.05, 0) is 38.1 Å². The van der Waals surface area contributed by atoms with Gasteiger partial charge in [-0.25, -0.2) is 4.98 Å². The summed E-state index contributed by atoms with van der Waals surface area (Å²) in [5.41, 5.74) is -0.693. The predicted molar refractivity (Wildman–Crippen MR) is 88.3 cm³/mol. The zero-order chi connectivity index (χ0) is 16.9. The lowest BCUT2D eigenvalue weighted by Gasteiger charge is -2.21. The van der Waals surface area contributed by atoms with Crippen molar-refractivity contribution in [1.82, 2.24) is 10.3 Å². The van der Waals surface area contributed by atoms with Gasteiger partial charge in [-0.15, -0.1) is 6.58 Å². The Kier molecular flexibility index (Phi) is 5.18. The number of hydrogen-bond acceptors (Lipinski definition) is 5. The zero-order valence-corrected chi connectivity index (χ0v) is 13.3. The number of nitrogens with one attached hydrogen (secondary N) is 2. The zero-order valence-electron chi connectivity index (χ0n) is 13.3. The van der Waals surface area contributed by atoms with E-state index in [0.717, 1.165) is 5.76 Å². The van der Waals surface area contributed by atoms with Crippen molar-refractivity contribution in [3.8, 4) is 0 Å². The molecule has 0 aliphatic heterocycles. The topological polar surface area (TPSA) is 87.4 Å². The molecule has 2 heterocycles. The first-order valence-electron chi connectivity index (χ1n) is 7.30. The smallest absolute Gasteiger partial charge is 0.253 e. The van der Waals surface area contributed by atoms with Gasteiger partial charge in [-0.2, -0.15) is 0 Å². The Bertz CT molecular complexity index is 675. The molecule has 2 aromatic heterocycles. The van der Waals surface area contributed by atoms with E-state index in [2.05, 4.69) is 22.2 Å². The van der Waals surface area contributed by atoms with E-state index in [1.54, 1.807) is 37.3 Å². The van der Waals surface area contributed by atoms with Crippen LogP contribution >= 0.6 is 0 Å². The van der Waals surface area contributed by atoms with Crippen molar-refractivity contribution in [3.05, 3.63) is 60.2 Å². The number of carbonyl (C=O) groups is 1. The van der Waals surface area contributed by atoms with Crippen LogP contribution in [0, 0.1) is 6.92 Å². The van der Waals surface area contributed by atoms with E-state index in [1.807, 2.05) is 6.92 Å². The molecule has 0 radical (unpaired) electrons. The SMILES string of the molecule is C=CCNC(=O)c1ccc(NCC(C)(O)c2ccc(C)o2)nc1. The number of pyridine rings is 1. The quantitative estimate of drug-likeness (QED) is 0.682. The Balaban J connectivity index is 1.96. The van der Waals surface area contributed by atoms with Gasteiger partial charge in [0.1, 0.15) is 22.9 Å². The Morgan fingerprint density at radius 3 is 2.78 bits per heavy atom. The average molecular weight is 315 g/mol. The molecule has 1 unspecified atom stereocenters. The van der Waals surface area contributed by atoms with Crippen LogP contribution in [-0.2, 0) is 5.60 Å². The standard InChI is InChI=1S/C17H21N3O3/c1-4-9-18-16(21)13-6-8-15(19-10-13)20-11-17(3,22)14-7-5-12(2)23-14/h4-8,10,22H,1,9,11H2,2-3H3,(H,18,21)(H,19,20). The summed E-state index contributed by atoms with van der Waals surface area (Å²) < 4.78 is 5.45. The second-order valence-corrected chi connectivity index (χ2v) is 5.47. The molecule has 0 aliphatic rings. The van der Waals surface area contributed by atoms with Crippen molar-refractivity contribution in [3.63, 3.8) is 0 Å². The van der Waals surface area contributed by atoms with Crippen LogP contribution in [0.2, 0.25) is 0 Å². The van der Waals surface area contributed by atoms with Crippen LogP contribution in [0.1, 0.15) is 28.8 Å². The molecule has 1 amide bonds. The molecule has 3 N–H and O–H groups in total. The first-order chi connectivity index (χ1) is 10.9. The maximum absolute atomic E-state index is 11.7. The summed E-state index contributed by atoms with van der Waals surface area (Å²) in [6.45, 7) is 7.67. The number of carbonyl (C=O) groups excluding carboxylic acids is 1. The van der Waals surface area contributed by atoms with E-state index in [4.69, 9.17) is 4.42 Å². The van der Waals surface area contributed by atoms with Gasteiger partial charge in [0.25, 0.3) is 5.91 Å². The fourth-order valence-electron chi connectivity index (χ4n) is 1.97. The summed E-state index contributed by atoms with van der Waals surface area (Å²) >= 11 is 0. The highest BCUT2D eigenvalue weighted by Gasteiger charge is 2.26. The Hall–Kier alpha value is -2.60. The molecule has 23 heavy (non-hydrogen) atoms. The van der Waals surface area contributed by atoms with Crippen molar-refractivity contribution in [2.45, 2.75) is 19.4 Å². The molecule has 0 saturated heterocycles. The lowest BCUT2D eigenvalue weighted by Crippen LogP contribution is -2.30. The van der Waals surface area contributed by atoms with Gasteiger partial charge in [0, 0.05) is 12.7 Å². The minimum atomic E-state index is -1.16. The Morgan fingerprint density at radius 1 is 1.43 bits per heavy atom. The van der Waals surface area contributed by atoms with Gasteiger partial charge in [0.15, 0.2) is 0 Å². The molecule has 2 rings (SSSR count). The molecule has 0 aromatic carbocycles. The fraction of sp³-hybridized carbons (Fsp3) is 0.294. The normalized spacial score (nSPS) is 13.2. The van der Waals surface area contributed by atoms with Gasteiger partial charge in [0.05, 0.1) is 12.1 Å². The van der Waals surface area contributed by atoms with Gasteiger partial charge < -0.3 is 20.2 Å². The lowest BCUT2D eigenvalue weighted by atomic mass is 10.0. The summed E-state index contributed by atoms with van der Waals surface area (Å²) in [4.78, 5) is 15.9. The van der Waals surface area contributed by atoms with Crippen LogP contribution in [-0.4, -0.2) is 29.1 Å². The van der Waals surface area contributed by atoms with Crippen molar-refractivity contribution in [1.29, 1.82) is 0 Å². The maximum atomic E-state index is 11.7. The number of amides is 1. The molecule has 0 fully saturated rings. The highest BCUT2D eigenvalue weighted by atomic mass is 16.4. The Labute approximate surface area is 135 Å². The molecule has 122 valence electrons. The van der Waals surface area contributed by atoms with Crippen LogP contribution in [0.4, 0.5) is 5.82 Å². The second-order valence-electron chi connectivity index (χ2n) is 5.47. The lowest BCUT2D eigenvalue weighted by molar-refractivity contribution is 0.0467. The predicted octanol–water partition coefficient (Wildman–Crippen LogP) is 2.22. The molecular weight excluding hydrogens is 294 g/mol. The molecule has 6 heteroatoms. The van der Waals surface area contributed by atoms with E-state index < -0.39 is 5.60 Å². The second kappa shape index (κ2) is 7.11. The third-order valence-corrected chi connectivity index (χ3v) is 3.32. The van der Waals surface area contributed by atoms with E-state index in [9.17, 15) is 9.90 Å². The summed E-state index contributed by atoms with van der Waals surface area (Å²) in [5.74, 6) is 1.59. The molecular formula is C17H21N3O3. The molecule has 6 nitrogen and oxygen atoms in total. The average Bonchev–Trinajstić information content (AvgIpc) is 2.98. The first-order valence-corrected chi connectivity index (χ1v) is 7.30. The van der Waals surface area contributed by atoms with Crippen LogP contribution in [0.5, 0.6) is 0 Å². The van der Waals surface area contributed by atoms with E-state index in [-0.39, 0.29) is 12.5 Å². The first kappa shape index (κ1) is 16.8. The van der Waals surface area contributed by atoms with Crippen molar-refractivity contribution in [2.24, 2.45) is 0 Å². The molecule has 0 bridgehead atoms. The third kappa shape index (κ3) is 4.43. The fourth-order valence-corrected chi connectivity index (χ4v) is 1.97. The number of hydrogen-bond donors (Lipinski definition) is 3. The van der Waals surface area contributed by atoms with Crippen molar-refractivity contribution in [2.75, 3.05) is 18.4 Å². The molecule has 0 saturated carbocycles. The van der Waals surface area contributed by atoms with E-state index in [1.165, 1.54) is 6.20 Å².